The van der Waals surface area contributed by atoms with Crippen molar-refractivity contribution in [2.45, 2.75) is 0 Å². The molecule has 0 heterocycles. The van der Waals surface area contributed by atoms with Crippen molar-refractivity contribution in [2.75, 3.05) is 42.0 Å². The van der Waals surface area contributed by atoms with E-state index < -0.39 is 0 Å². The monoisotopic (exact) mass is 322 g/mol. The summed E-state index contributed by atoms with van der Waals surface area (Å²) in [6.45, 7) is -0.00503. The van der Waals surface area contributed by atoms with Gasteiger partial charge in [-0.05, 0) is 23.8 Å². The van der Waals surface area contributed by atoms with Gasteiger partial charge in [0.05, 0.1) is 27.9 Å². The van der Waals surface area contributed by atoms with Gasteiger partial charge in [-0.25, -0.2) is 0 Å². The van der Waals surface area contributed by atoms with Crippen LogP contribution >= 0.6 is 0 Å². The Hall–Kier alpha value is -2.70. The molecule has 0 aromatic heterocycles. The number of nitrogens with zero attached hydrogens (tertiary/aromatic N) is 1. The molecule has 0 atom stereocenters. The Labute approximate surface area is 135 Å². The van der Waals surface area contributed by atoms with Crippen molar-refractivity contribution < 1.29 is 23.8 Å². The Morgan fingerprint density at radius 3 is 2.13 bits per heavy atom. The van der Waals surface area contributed by atoms with E-state index in [4.69, 9.17) is 14.2 Å². The van der Waals surface area contributed by atoms with Crippen LogP contribution < -0.4 is 19.5 Å². The molecule has 0 spiro atoms. The van der Waals surface area contributed by atoms with Gasteiger partial charge in [-0.2, -0.15) is 0 Å². The zero-order chi connectivity index (χ0) is 17.4. The van der Waals surface area contributed by atoms with Crippen molar-refractivity contribution in [2.24, 2.45) is 0 Å². The van der Waals surface area contributed by atoms with E-state index in [-0.39, 0.29) is 18.4 Å². The lowest BCUT2D eigenvalue weighted by molar-refractivity contribution is -0.130. The molecule has 0 unspecified atom stereocenters. The normalized spacial score (nSPS) is 10.3. The molecule has 1 rings (SSSR count). The van der Waals surface area contributed by atoms with E-state index >= 15 is 0 Å². The molecule has 0 aliphatic rings. The van der Waals surface area contributed by atoms with Crippen molar-refractivity contribution in [3.05, 3.63) is 23.8 Å². The number of rotatable bonds is 7. The van der Waals surface area contributed by atoms with Crippen LogP contribution in [0.5, 0.6) is 17.2 Å². The molecule has 0 bridgehead atoms. The lowest BCUT2D eigenvalue weighted by Gasteiger charge is -2.14. The zero-order valence-corrected chi connectivity index (χ0v) is 14.0. The summed E-state index contributed by atoms with van der Waals surface area (Å²) < 4.78 is 15.7. The van der Waals surface area contributed by atoms with Crippen molar-refractivity contribution in [3.63, 3.8) is 0 Å². The summed E-state index contributed by atoms with van der Waals surface area (Å²) in [5.41, 5.74) is 0.709. The smallest absolute Gasteiger partial charge is 0.246 e. The van der Waals surface area contributed by atoms with E-state index in [1.165, 1.54) is 39.4 Å². The highest BCUT2D eigenvalue weighted by Crippen LogP contribution is 2.38. The number of amides is 2. The summed E-state index contributed by atoms with van der Waals surface area (Å²) in [7, 11) is 7.64. The van der Waals surface area contributed by atoms with E-state index in [9.17, 15) is 9.59 Å². The third-order valence-corrected chi connectivity index (χ3v) is 3.14. The van der Waals surface area contributed by atoms with Crippen LogP contribution in [0.2, 0.25) is 0 Å². The van der Waals surface area contributed by atoms with E-state index in [1.807, 2.05) is 0 Å². The van der Waals surface area contributed by atoms with Crippen LogP contribution in [-0.4, -0.2) is 58.7 Å². The molecular formula is C16H22N2O5. The quantitative estimate of drug-likeness (QED) is 0.756. The molecule has 2 amide bonds. The number of hydrogen-bond donors (Lipinski definition) is 1. The predicted octanol–water partition coefficient (Wildman–Crippen LogP) is 0.930. The fourth-order valence-electron chi connectivity index (χ4n) is 1.86. The number of benzene rings is 1. The van der Waals surface area contributed by atoms with Crippen LogP contribution in [0.15, 0.2) is 18.2 Å². The number of methoxy groups -OCH3 is 3. The first-order valence-corrected chi connectivity index (χ1v) is 6.90. The average Bonchev–Trinajstić information content (AvgIpc) is 2.57. The SMILES string of the molecule is CNC(=O)CN(C)C(=O)C=Cc1cc(OC)c(OC)c(OC)c1. The molecular weight excluding hydrogens is 300 g/mol. The number of nitrogens with one attached hydrogen (secondary N) is 1. The second-order valence-electron chi connectivity index (χ2n) is 4.66. The van der Waals surface area contributed by atoms with Crippen LogP contribution in [-0.2, 0) is 9.59 Å². The number of hydrogen-bond acceptors (Lipinski definition) is 5. The Morgan fingerprint density at radius 1 is 1.13 bits per heavy atom. The van der Waals surface area contributed by atoms with Gasteiger partial charge in [-0.15, -0.1) is 0 Å². The van der Waals surface area contributed by atoms with Crippen molar-refractivity contribution in [1.29, 1.82) is 0 Å². The van der Waals surface area contributed by atoms with Crippen molar-refractivity contribution in [1.82, 2.24) is 10.2 Å². The lowest BCUT2D eigenvalue weighted by Crippen LogP contribution is -2.35. The fraction of sp³-hybridized carbons (Fsp3) is 0.375. The maximum Gasteiger partial charge on any atom is 0.246 e. The molecule has 7 heteroatoms. The van der Waals surface area contributed by atoms with Gasteiger partial charge in [0.1, 0.15) is 0 Å². The molecule has 7 nitrogen and oxygen atoms in total. The summed E-state index contributed by atoms with van der Waals surface area (Å²) in [4.78, 5) is 24.5. The third-order valence-electron chi connectivity index (χ3n) is 3.14. The van der Waals surface area contributed by atoms with E-state index in [0.29, 0.717) is 22.8 Å². The van der Waals surface area contributed by atoms with Crippen LogP contribution in [0.1, 0.15) is 5.56 Å². The molecule has 0 radical (unpaired) electrons. The molecule has 0 saturated carbocycles. The summed E-state index contributed by atoms with van der Waals surface area (Å²) >= 11 is 0. The topological polar surface area (TPSA) is 77.1 Å². The van der Waals surface area contributed by atoms with E-state index in [1.54, 1.807) is 25.3 Å². The highest BCUT2D eigenvalue weighted by atomic mass is 16.5. The zero-order valence-electron chi connectivity index (χ0n) is 14.0. The van der Waals surface area contributed by atoms with Gasteiger partial charge < -0.3 is 24.4 Å². The number of carbonyl (C=O) groups excluding carboxylic acids is 2. The maximum absolute atomic E-state index is 12.0. The highest BCUT2D eigenvalue weighted by molar-refractivity contribution is 5.94. The third kappa shape index (κ3) is 4.91. The standard InChI is InChI=1S/C16H22N2O5/c1-17-14(19)10-18(2)15(20)7-6-11-8-12(21-3)16(23-5)13(9-11)22-4/h6-9H,10H2,1-5H3,(H,17,19). The average molecular weight is 322 g/mol. The molecule has 126 valence electrons. The maximum atomic E-state index is 12.0. The lowest BCUT2D eigenvalue weighted by atomic mass is 10.1. The van der Waals surface area contributed by atoms with Crippen LogP contribution in [0, 0.1) is 0 Å². The van der Waals surface area contributed by atoms with Gasteiger partial charge in [0.15, 0.2) is 11.5 Å². The Bertz CT molecular complexity index is 573. The van der Waals surface area contributed by atoms with Gasteiger partial charge in [0.2, 0.25) is 17.6 Å². The molecule has 23 heavy (non-hydrogen) atoms. The molecule has 0 aliphatic heterocycles. The minimum Gasteiger partial charge on any atom is -0.493 e. The number of ether oxygens (including phenoxy) is 3. The first-order chi connectivity index (χ1) is 11.0. The second-order valence-corrected chi connectivity index (χ2v) is 4.66. The second kappa shape index (κ2) is 8.67. The van der Waals surface area contributed by atoms with E-state index in [0.717, 1.165) is 0 Å². The van der Waals surface area contributed by atoms with Crippen LogP contribution in [0.25, 0.3) is 6.08 Å². The molecule has 0 aliphatic carbocycles. The minimum atomic E-state index is -0.289. The van der Waals surface area contributed by atoms with Gasteiger partial charge >= 0.3 is 0 Å². The van der Waals surface area contributed by atoms with Gasteiger partial charge in [-0.1, -0.05) is 0 Å². The first kappa shape index (κ1) is 18.3. The van der Waals surface area contributed by atoms with Crippen molar-refractivity contribution >= 4 is 17.9 Å². The van der Waals surface area contributed by atoms with Crippen LogP contribution in [0.4, 0.5) is 0 Å². The van der Waals surface area contributed by atoms with Gasteiger partial charge in [0, 0.05) is 20.2 Å². The first-order valence-electron chi connectivity index (χ1n) is 6.90. The Morgan fingerprint density at radius 2 is 1.70 bits per heavy atom. The Kier molecular flexibility index (Phi) is 6.92. The summed E-state index contributed by atoms with van der Waals surface area (Å²) in [5.74, 6) is 0.954. The Balaban J connectivity index is 2.95. The minimum absolute atomic E-state index is 0.00503. The number of carbonyl (C=O) groups is 2. The molecule has 1 aromatic carbocycles. The predicted molar refractivity (Wildman–Crippen MR) is 86.8 cm³/mol. The fourth-order valence-corrected chi connectivity index (χ4v) is 1.86. The largest absolute Gasteiger partial charge is 0.493 e. The van der Waals surface area contributed by atoms with E-state index in [2.05, 4.69) is 5.32 Å². The van der Waals surface area contributed by atoms with Crippen LogP contribution in [0.3, 0.4) is 0 Å². The summed E-state index contributed by atoms with van der Waals surface area (Å²) in [6, 6.07) is 3.45. The molecule has 0 saturated heterocycles. The van der Waals surface area contributed by atoms with Crippen molar-refractivity contribution in [3.8, 4) is 17.2 Å². The molecule has 1 aromatic rings. The molecule has 0 fully saturated rings. The van der Waals surface area contributed by atoms with Gasteiger partial charge in [0.25, 0.3) is 0 Å². The molecule has 1 N–H and O–H groups in total. The summed E-state index contributed by atoms with van der Waals surface area (Å²) in [6.07, 6.45) is 3.00. The number of likely N-dealkylation sites (N-methyl/N-ethyl adjacent to an activating group) is 2. The van der Waals surface area contributed by atoms with Gasteiger partial charge in [-0.3, -0.25) is 9.59 Å². The highest BCUT2D eigenvalue weighted by Gasteiger charge is 2.13. The summed E-state index contributed by atoms with van der Waals surface area (Å²) in [5, 5.41) is 2.46.